The van der Waals surface area contributed by atoms with Gasteiger partial charge in [0, 0.05) is 45.4 Å². The number of aryl methyl sites for hydroxylation is 4. The van der Waals surface area contributed by atoms with Crippen LogP contribution in [0.1, 0.15) is 17.0 Å². The van der Waals surface area contributed by atoms with Crippen LogP contribution in [-0.4, -0.2) is 9.97 Å². The highest BCUT2D eigenvalue weighted by molar-refractivity contribution is 6.06. The zero-order valence-corrected chi connectivity index (χ0v) is 17.3. The molecule has 0 bridgehead atoms. The third-order valence-electron chi connectivity index (χ3n) is 5.46. The molecule has 3 aromatic heterocycles. The summed E-state index contributed by atoms with van der Waals surface area (Å²) in [6.07, 6.45) is 1.84. The molecule has 0 unspecified atom stereocenters. The van der Waals surface area contributed by atoms with Crippen LogP contribution < -0.4 is 4.57 Å². The summed E-state index contributed by atoms with van der Waals surface area (Å²) < 4.78 is 21.5. The van der Waals surface area contributed by atoms with Gasteiger partial charge in [0.15, 0.2) is 5.69 Å². The maximum atomic E-state index is 13.6. The molecular weight excluding hydrogens is 377 g/mol. The van der Waals surface area contributed by atoms with Crippen LogP contribution in [0, 0.1) is 26.6 Å². The van der Waals surface area contributed by atoms with Crippen LogP contribution in [0.4, 0.5) is 4.39 Å². The van der Waals surface area contributed by atoms with E-state index < -0.39 is 0 Å². The minimum absolute atomic E-state index is 0.299. The van der Waals surface area contributed by atoms with E-state index >= 15 is 0 Å². The molecule has 0 N–H and O–H groups in total. The summed E-state index contributed by atoms with van der Waals surface area (Å²) in [5.41, 5.74) is 8.41. The van der Waals surface area contributed by atoms with Crippen LogP contribution in [0.5, 0.6) is 0 Å². The lowest BCUT2D eigenvalue weighted by Gasteiger charge is -2.08. The fourth-order valence-electron chi connectivity index (χ4n) is 4.06. The number of fused-ring (bicyclic) bond motifs is 3. The number of aromatic nitrogens is 3. The zero-order chi connectivity index (χ0) is 21.0. The number of rotatable bonds is 2. The smallest absolute Gasteiger partial charge is 0.287 e. The van der Waals surface area contributed by atoms with Gasteiger partial charge in [0.2, 0.25) is 0 Å². The molecule has 148 valence electrons. The molecule has 5 aromatic rings. The van der Waals surface area contributed by atoms with Crippen molar-refractivity contribution >= 4 is 21.9 Å². The molecule has 0 fully saturated rings. The van der Waals surface area contributed by atoms with Crippen LogP contribution in [0.3, 0.4) is 0 Å². The molecule has 0 radical (unpaired) electrons. The Kier molecular flexibility index (Phi) is 4.13. The summed E-state index contributed by atoms with van der Waals surface area (Å²) in [5.74, 6) is -0.299. The second-order valence-corrected chi connectivity index (χ2v) is 7.81. The molecule has 0 spiro atoms. The second-order valence-electron chi connectivity index (χ2n) is 7.81. The van der Waals surface area contributed by atoms with Gasteiger partial charge in [-0.3, -0.25) is 4.98 Å². The zero-order valence-electron chi connectivity index (χ0n) is 17.3. The Balaban J connectivity index is 1.73. The summed E-state index contributed by atoms with van der Waals surface area (Å²) in [6.45, 7) is 6.04. The van der Waals surface area contributed by atoms with Crippen molar-refractivity contribution in [3.8, 4) is 22.5 Å². The maximum Gasteiger partial charge on any atom is 0.287 e. The monoisotopic (exact) mass is 398 g/mol. The number of nitrogens with zero attached hydrogens (tertiary/aromatic N) is 3. The number of pyridine rings is 1. The highest BCUT2D eigenvalue weighted by Crippen LogP contribution is 2.34. The molecule has 5 heteroatoms. The van der Waals surface area contributed by atoms with Crippen molar-refractivity contribution in [2.24, 2.45) is 7.05 Å². The molecule has 3 heterocycles. The molecule has 0 aliphatic carbocycles. The largest absolute Gasteiger partial charge is 0.456 e. The molecule has 0 aliphatic heterocycles. The van der Waals surface area contributed by atoms with Crippen LogP contribution in [-0.2, 0) is 7.05 Å². The number of hydrogen-bond donors (Lipinski definition) is 0. The highest BCUT2D eigenvalue weighted by Gasteiger charge is 2.18. The predicted octanol–water partition coefficient (Wildman–Crippen LogP) is 5.60. The molecule has 2 aromatic carbocycles. The third kappa shape index (κ3) is 3.03. The minimum Gasteiger partial charge on any atom is -0.456 e. The minimum atomic E-state index is -0.299. The summed E-state index contributed by atoms with van der Waals surface area (Å²) in [5, 5.41) is 1.88. The number of benzene rings is 2. The lowest BCUT2D eigenvalue weighted by molar-refractivity contribution is -0.663. The molecule has 0 aliphatic rings. The Bertz CT molecular complexity index is 1430. The van der Waals surface area contributed by atoms with E-state index in [1.165, 1.54) is 12.1 Å². The first-order valence-electron chi connectivity index (χ1n) is 9.83. The van der Waals surface area contributed by atoms with Gasteiger partial charge < -0.3 is 4.42 Å². The fraction of sp³-hybridized carbons (Fsp3) is 0.160. The van der Waals surface area contributed by atoms with E-state index in [0.717, 1.165) is 55.8 Å². The maximum absolute atomic E-state index is 13.6. The van der Waals surface area contributed by atoms with Crippen LogP contribution >= 0.6 is 0 Å². The Labute approximate surface area is 173 Å². The van der Waals surface area contributed by atoms with Crippen molar-refractivity contribution in [1.29, 1.82) is 0 Å². The lowest BCUT2D eigenvalue weighted by atomic mass is 10.00. The average Bonchev–Trinajstić information content (AvgIpc) is 3.03. The van der Waals surface area contributed by atoms with E-state index in [9.17, 15) is 4.39 Å². The summed E-state index contributed by atoms with van der Waals surface area (Å²) >= 11 is 0. The summed E-state index contributed by atoms with van der Waals surface area (Å²) in [7, 11) is 1.99. The van der Waals surface area contributed by atoms with Gasteiger partial charge in [-0.1, -0.05) is 0 Å². The van der Waals surface area contributed by atoms with Crippen molar-refractivity contribution in [3.63, 3.8) is 0 Å². The number of furan rings is 1. The van der Waals surface area contributed by atoms with Crippen molar-refractivity contribution < 1.29 is 13.4 Å². The van der Waals surface area contributed by atoms with E-state index in [-0.39, 0.29) is 5.82 Å². The van der Waals surface area contributed by atoms with Gasteiger partial charge in [0.25, 0.3) is 6.33 Å². The lowest BCUT2D eigenvalue weighted by Crippen LogP contribution is -2.31. The first-order chi connectivity index (χ1) is 14.4. The number of halogens is 1. The molecule has 0 saturated heterocycles. The predicted molar refractivity (Wildman–Crippen MR) is 116 cm³/mol. The second kappa shape index (κ2) is 6.73. The molecule has 4 nitrogen and oxygen atoms in total. The first-order valence-corrected chi connectivity index (χ1v) is 9.83. The van der Waals surface area contributed by atoms with Crippen molar-refractivity contribution in [2.45, 2.75) is 20.8 Å². The van der Waals surface area contributed by atoms with Gasteiger partial charge in [-0.2, -0.15) is 0 Å². The van der Waals surface area contributed by atoms with Gasteiger partial charge in [-0.15, -0.1) is 0 Å². The van der Waals surface area contributed by atoms with Crippen molar-refractivity contribution in [2.75, 3.05) is 0 Å². The Morgan fingerprint density at radius 1 is 0.867 bits per heavy atom. The van der Waals surface area contributed by atoms with Gasteiger partial charge in [0.05, 0.1) is 7.05 Å². The van der Waals surface area contributed by atoms with E-state index in [0.29, 0.717) is 5.58 Å². The van der Waals surface area contributed by atoms with Gasteiger partial charge in [-0.05, 0) is 67.7 Å². The third-order valence-corrected chi connectivity index (χ3v) is 5.46. The van der Waals surface area contributed by atoms with Crippen molar-refractivity contribution in [1.82, 2.24) is 9.97 Å². The normalized spacial score (nSPS) is 11.5. The highest BCUT2D eigenvalue weighted by atomic mass is 19.1. The van der Waals surface area contributed by atoms with E-state index in [4.69, 9.17) is 4.42 Å². The first kappa shape index (κ1) is 18.4. The Morgan fingerprint density at radius 2 is 1.60 bits per heavy atom. The Hall–Kier alpha value is -3.60. The van der Waals surface area contributed by atoms with Gasteiger partial charge >= 0.3 is 0 Å². The van der Waals surface area contributed by atoms with Crippen molar-refractivity contribution in [3.05, 3.63) is 77.6 Å². The Morgan fingerprint density at radius 3 is 2.37 bits per heavy atom. The van der Waals surface area contributed by atoms with Gasteiger partial charge in [-0.25, -0.2) is 8.96 Å². The molecular formula is C25H21FN3O+. The van der Waals surface area contributed by atoms with Gasteiger partial charge in [0.1, 0.15) is 22.7 Å². The van der Waals surface area contributed by atoms with Crippen LogP contribution in [0.25, 0.3) is 44.5 Å². The van der Waals surface area contributed by atoms with Crippen LogP contribution in [0.2, 0.25) is 0 Å². The quantitative estimate of drug-likeness (QED) is 0.364. The standard InChI is InChI=1S/C25H21FN3O/c1-14-7-24-21(19-6-5-18(26)10-25(19)30-24)11-20(14)23-12-22(27-13-29(23)4)17-8-15(2)28-16(3)9-17/h5-13H,1-4H3/q+1. The molecule has 30 heavy (non-hydrogen) atoms. The molecule has 0 atom stereocenters. The van der Waals surface area contributed by atoms with Crippen LogP contribution in [0.15, 0.2) is 59.3 Å². The van der Waals surface area contributed by atoms with E-state index in [1.807, 2.05) is 50.0 Å². The molecule has 0 saturated carbocycles. The molecule has 0 amide bonds. The average molecular weight is 398 g/mol. The molecule has 5 rings (SSSR count). The summed E-state index contributed by atoms with van der Waals surface area (Å²) in [4.78, 5) is 9.10. The topological polar surface area (TPSA) is 42.8 Å². The summed E-state index contributed by atoms with van der Waals surface area (Å²) in [6, 6.07) is 15.0. The van der Waals surface area contributed by atoms with E-state index in [1.54, 1.807) is 6.07 Å². The van der Waals surface area contributed by atoms with E-state index in [2.05, 4.69) is 29.0 Å². The SMILES string of the molecule is Cc1cc(-c2cc(-c3cc4c(cc3C)oc3cc(F)ccc34)[n+](C)cn2)cc(C)n1. The number of hydrogen-bond acceptors (Lipinski definition) is 3. The fourth-order valence-corrected chi connectivity index (χ4v) is 4.06.